The summed E-state index contributed by atoms with van der Waals surface area (Å²) in [6, 6.07) is 27.2. The molecule has 0 bridgehead atoms. The smallest absolute Gasteiger partial charge is 0.255 e. The summed E-state index contributed by atoms with van der Waals surface area (Å²) in [5.74, 6) is 1.31. The van der Waals surface area contributed by atoms with Crippen LogP contribution >= 0.6 is 0 Å². The maximum absolute atomic E-state index is 12.7. The molecule has 0 heterocycles. The van der Waals surface area contributed by atoms with Gasteiger partial charge in [0.25, 0.3) is 5.91 Å². The fourth-order valence-corrected chi connectivity index (χ4v) is 3.44. The lowest BCUT2D eigenvalue weighted by atomic mass is 10.1. The lowest BCUT2D eigenvalue weighted by Gasteiger charge is -2.14. The highest BCUT2D eigenvalue weighted by Crippen LogP contribution is 2.28. The Morgan fingerprint density at radius 3 is 2.50 bits per heavy atom. The van der Waals surface area contributed by atoms with Crippen LogP contribution in [-0.4, -0.2) is 13.0 Å². The van der Waals surface area contributed by atoms with Crippen LogP contribution in [0.2, 0.25) is 0 Å². The van der Waals surface area contributed by atoms with Crippen molar-refractivity contribution in [3.05, 3.63) is 102 Å². The summed E-state index contributed by atoms with van der Waals surface area (Å²) in [5, 5.41) is 5.11. The van der Waals surface area contributed by atoms with Gasteiger partial charge >= 0.3 is 0 Å². The van der Waals surface area contributed by atoms with Gasteiger partial charge in [0.2, 0.25) is 0 Å². The van der Waals surface area contributed by atoms with Crippen LogP contribution in [-0.2, 0) is 6.61 Å². The van der Waals surface area contributed by atoms with E-state index in [9.17, 15) is 4.79 Å². The van der Waals surface area contributed by atoms with Gasteiger partial charge in [0, 0.05) is 22.2 Å². The van der Waals surface area contributed by atoms with Gasteiger partial charge in [0.05, 0.1) is 7.11 Å². The van der Waals surface area contributed by atoms with E-state index < -0.39 is 0 Å². The van der Waals surface area contributed by atoms with E-state index in [-0.39, 0.29) is 5.91 Å². The number of nitrogens with one attached hydrogen (secondary N) is 1. The zero-order valence-corrected chi connectivity index (χ0v) is 17.0. The van der Waals surface area contributed by atoms with Crippen molar-refractivity contribution in [3.8, 4) is 11.5 Å². The minimum atomic E-state index is -0.172. The summed E-state index contributed by atoms with van der Waals surface area (Å²) in [4.78, 5) is 12.7. The summed E-state index contributed by atoms with van der Waals surface area (Å²) >= 11 is 0. The molecular formula is C26H23NO3. The Kier molecular flexibility index (Phi) is 5.66. The monoisotopic (exact) mass is 397 g/mol. The average Bonchev–Trinajstić information content (AvgIpc) is 2.77. The highest BCUT2D eigenvalue weighted by molar-refractivity contribution is 6.04. The third-order valence-corrected chi connectivity index (χ3v) is 4.95. The molecule has 4 heteroatoms. The number of amides is 1. The second kappa shape index (κ2) is 8.70. The number of carbonyl (C=O) groups excluding carboxylic acids is 1. The predicted octanol–water partition coefficient (Wildman–Crippen LogP) is 5.99. The molecule has 1 amide bonds. The van der Waals surface area contributed by atoms with Crippen LogP contribution in [0.15, 0.2) is 84.9 Å². The van der Waals surface area contributed by atoms with Gasteiger partial charge in [-0.05, 0) is 54.3 Å². The van der Waals surface area contributed by atoms with Gasteiger partial charge in [-0.3, -0.25) is 4.79 Å². The number of fused-ring (bicyclic) bond motifs is 1. The van der Waals surface area contributed by atoms with Crippen molar-refractivity contribution < 1.29 is 14.3 Å². The molecule has 1 N–H and O–H groups in total. The molecule has 0 radical (unpaired) electrons. The number of aryl methyl sites for hydroxylation is 1. The van der Waals surface area contributed by atoms with Crippen LogP contribution in [0.4, 0.5) is 5.69 Å². The number of benzene rings is 4. The first-order valence-electron chi connectivity index (χ1n) is 9.79. The fraction of sp³-hybridized carbons (Fsp3) is 0.115. The number of ether oxygens (including phenoxy) is 2. The van der Waals surface area contributed by atoms with Gasteiger partial charge in [-0.2, -0.15) is 0 Å². The number of methoxy groups -OCH3 is 1. The molecule has 0 saturated heterocycles. The van der Waals surface area contributed by atoms with E-state index in [4.69, 9.17) is 9.47 Å². The van der Waals surface area contributed by atoms with Crippen LogP contribution in [0.5, 0.6) is 11.5 Å². The first-order chi connectivity index (χ1) is 14.6. The van der Waals surface area contributed by atoms with Crippen molar-refractivity contribution in [2.75, 3.05) is 12.4 Å². The van der Waals surface area contributed by atoms with E-state index in [1.54, 1.807) is 19.2 Å². The molecule has 0 aliphatic rings. The van der Waals surface area contributed by atoms with Crippen molar-refractivity contribution in [2.24, 2.45) is 0 Å². The second-order valence-corrected chi connectivity index (χ2v) is 7.12. The number of rotatable bonds is 6. The molecule has 0 atom stereocenters. The normalized spacial score (nSPS) is 10.6. The van der Waals surface area contributed by atoms with E-state index in [0.29, 0.717) is 17.9 Å². The Morgan fingerprint density at radius 1 is 0.867 bits per heavy atom. The van der Waals surface area contributed by atoms with Gasteiger partial charge in [-0.25, -0.2) is 0 Å². The minimum Gasteiger partial charge on any atom is -0.496 e. The third-order valence-electron chi connectivity index (χ3n) is 4.95. The van der Waals surface area contributed by atoms with Gasteiger partial charge in [0.1, 0.15) is 18.1 Å². The van der Waals surface area contributed by atoms with E-state index >= 15 is 0 Å². The number of hydrogen-bond donors (Lipinski definition) is 1. The quantitative estimate of drug-likeness (QED) is 0.435. The van der Waals surface area contributed by atoms with E-state index in [0.717, 1.165) is 33.3 Å². The Balaban J connectivity index is 1.56. The van der Waals surface area contributed by atoms with Crippen molar-refractivity contribution in [2.45, 2.75) is 13.5 Å². The highest BCUT2D eigenvalue weighted by Gasteiger charge is 2.12. The van der Waals surface area contributed by atoms with Gasteiger partial charge < -0.3 is 14.8 Å². The molecular weight excluding hydrogens is 374 g/mol. The average molecular weight is 397 g/mol. The van der Waals surface area contributed by atoms with E-state index in [1.807, 2.05) is 67.6 Å². The molecule has 4 nitrogen and oxygen atoms in total. The van der Waals surface area contributed by atoms with Crippen LogP contribution in [0.25, 0.3) is 10.8 Å². The number of anilines is 1. The number of carbonyl (C=O) groups is 1. The molecule has 30 heavy (non-hydrogen) atoms. The van der Waals surface area contributed by atoms with Gasteiger partial charge in [0.15, 0.2) is 0 Å². The van der Waals surface area contributed by atoms with E-state index in [2.05, 4.69) is 17.4 Å². The van der Waals surface area contributed by atoms with Crippen LogP contribution < -0.4 is 14.8 Å². The highest BCUT2D eigenvalue weighted by atomic mass is 16.5. The Hall–Kier alpha value is -3.79. The topological polar surface area (TPSA) is 47.6 Å². The molecule has 150 valence electrons. The summed E-state index contributed by atoms with van der Waals surface area (Å²) in [6.07, 6.45) is 0. The molecule has 4 aromatic rings. The zero-order valence-electron chi connectivity index (χ0n) is 17.0. The first kappa shape index (κ1) is 19.5. The van der Waals surface area contributed by atoms with Crippen molar-refractivity contribution in [1.29, 1.82) is 0 Å². The maximum Gasteiger partial charge on any atom is 0.255 e. The molecule has 0 aliphatic carbocycles. The van der Waals surface area contributed by atoms with E-state index in [1.165, 1.54) is 0 Å². The zero-order chi connectivity index (χ0) is 20.9. The van der Waals surface area contributed by atoms with Crippen molar-refractivity contribution in [3.63, 3.8) is 0 Å². The lowest BCUT2D eigenvalue weighted by molar-refractivity contribution is 0.102. The van der Waals surface area contributed by atoms with Crippen LogP contribution in [0.3, 0.4) is 0 Å². The molecule has 0 aromatic heterocycles. The lowest BCUT2D eigenvalue weighted by Crippen LogP contribution is -2.13. The summed E-state index contributed by atoms with van der Waals surface area (Å²) in [7, 11) is 1.61. The standard InChI is InChI=1S/C26H23NO3/c1-18-7-5-10-22(15-18)27-26(28)20-13-14-24(29-2)21(16-20)17-30-25-12-6-9-19-8-3-4-11-23(19)25/h3-16H,17H2,1-2H3,(H,27,28). The molecule has 4 aromatic carbocycles. The molecule has 0 aliphatic heterocycles. The summed E-state index contributed by atoms with van der Waals surface area (Å²) in [5.41, 5.74) is 3.22. The summed E-state index contributed by atoms with van der Waals surface area (Å²) in [6.45, 7) is 2.29. The summed E-state index contributed by atoms with van der Waals surface area (Å²) < 4.78 is 11.6. The van der Waals surface area contributed by atoms with Gasteiger partial charge in [-0.1, -0.05) is 48.5 Å². The third kappa shape index (κ3) is 4.28. The Bertz CT molecular complexity index is 1190. The Labute approximate surface area is 176 Å². The SMILES string of the molecule is COc1ccc(C(=O)Nc2cccc(C)c2)cc1COc1cccc2ccccc12. The van der Waals surface area contributed by atoms with Crippen LogP contribution in [0, 0.1) is 6.92 Å². The largest absolute Gasteiger partial charge is 0.496 e. The molecule has 0 fully saturated rings. The molecule has 0 spiro atoms. The van der Waals surface area contributed by atoms with Crippen molar-refractivity contribution >= 4 is 22.4 Å². The minimum absolute atomic E-state index is 0.172. The first-order valence-corrected chi connectivity index (χ1v) is 9.79. The Morgan fingerprint density at radius 2 is 1.67 bits per heavy atom. The predicted molar refractivity (Wildman–Crippen MR) is 120 cm³/mol. The molecule has 0 unspecified atom stereocenters. The molecule has 0 saturated carbocycles. The fourth-order valence-electron chi connectivity index (χ4n) is 3.44. The second-order valence-electron chi connectivity index (χ2n) is 7.12. The maximum atomic E-state index is 12.7. The number of hydrogen-bond acceptors (Lipinski definition) is 3. The van der Waals surface area contributed by atoms with Crippen molar-refractivity contribution in [1.82, 2.24) is 0 Å². The van der Waals surface area contributed by atoms with Crippen LogP contribution in [0.1, 0.15) is 21.5 Å². The van der Waals surface area contributed by atoms with Gasteiger partial charge in [-0.15, -0.1) is 0 Å². The molecule has 4 rings (SSSR count).